The van der Waals surface area contributed by atoms with E-state index >= 15 is 0 Å². The van der Waals surface area contributed by atoms with E-state index in [1.54, 1.807) is 0 Å². The van der Waals surface area contributed by atoms with Crippen molar-refractivity contribution < 1.29 is 35.9 Å². The standard InChI is InChI=1S/C27H37F4N3O4S/c1-3-11-34(12-4-2)39(37,38)13-10-26(36)33-24(25(35)19-32-18-20-8-6-5-7-9-20)16-21-14-22(27(29,30)31)17-23(28)15-21/h5-9,14-15,17,24-25,32,35H,3-4,10-13,16,18-19H2,1-2H3,(H,33,36)/t24-,25+/m0/s1. The molecule has 0 aromatic heterocycles. The molecular formula is C27H37F4N3O4S. The first kappa shape index (κ1) is 32.7. The van der Waals surface area contributed by atoms with Crippen LogP contribution in [0.3, 0.4) is 0 Å². The normalized spacial score (nSPS) is 13.8. The maximum atomic E-state index is 14.0. The van der Waals surface area contributed by atoms with Gasteiger partial charge in [0.2, 0.25) is 15.9 Å². The zero-order valence-corrected chi connectivity index (χ0v) is 23.0. The smallest absolute Gasteiger partial charge is 0.390 e. The minimum Gasteiger partial charge on any atom is -0.390 e. The maximum Gasteiger partial charge on any atom is 0.416 e. The molecular weight excluding hydrogens is 538 g/mol. The minimum atomic E-state index is -4.78. The van der Waals surface area contributed by atoms with Crippen molar-refractivity contribution in [2.75, 3.05) is 25.4 Å². The molecule has 0 aliphatic carbocycles. The third-order valence-electron chi connectivity index (χ3n) is 6.00. The molecule has 2 atom stereocenters. The Bertz CT molecular complexity index is 1140. The van der Waals surface area contributed by atoms with E-state index in [0.29, 0.717) is 38.5 Å². The van der Waals surface area contributed by atoms with Gasteiger partial charge in [-0.1, -0.05) is 44.2 Å². The molecule has 3 N–H and O–H groups in total. The van der Waals surface area contributed by atoms with Gasteiger partial charge in [-0.3, -0.25) is 4.79 Å². The number of halogens is 4. The van der Waals surface area contributed by atoms with Crippen molar-refractivity contribution in [1.82, 2.24) is 14.9 Å². The zero-order chi connectivity index (χ0) is 29.1. The molecule has 0 bridgehead atoms. The van der Waals surface area contributed by atoms with Crippen LogP contribution in [0.1, 0.15) is 49.8 Å². The lowest BCUT2D eigenvalue weighted by atomic mass is 9.98. The van der Waals surface area contributed by atoms with Gasteiger partial charge in [-0.15, -0.1) is 0 Å². The number of hydrogen-bond acceptors (Lipinski definition) is 5. The fourth-order valence-electron chi connectivity index (χ4n) is 4.09. The van der Waals surface area contributed by atoms with Crippen LogP contribution in [0, 0.1) is 5.82 Å². The van der Waals surface area contributed by atoms with E-state index < -0.39 is 57.8 Å². The number of hydrogen-bond donors (Lipinski definition) is 3. The number of nitrogens with one attached hydrogen (secondary N) is 2. The highest BCUT2D eigenvalue weighted by atomic mass is 32.2. The van der Waals surface area contributed by atoms with Crippen LogP contribution in [0.15, 0.2) is 48.5 Å². The topological polar surface area (TPSA) is 98.7 Å². The molecule has 39 heavy (non-hydrogen) atoms. The zero-order valence-electron chi connectivity index (χ0n) is 22.2. The predicted molar refractivity (Wildman–Crippen MR) is 142 cm³/mol. The molecule has 0 radical (unpaired) electrons. The van der Waals surface area contributed by atoms with Gasteiger partial charge in [-0.25, -0.2) is 17.1 Å². The molecule has 0 spiro atoms. The van der Waals surface area contributed by atoms with Crippen LogP contribution in [0.2, 0.25) is 0 Å². The van der Waals surface area contributed by atoms with Crippen LogP contribution < -0.4 is 10.6 Å². The van der Waals surface area contributed by atoms with Crippen molar-refractivity contribution in [2.24, 2.45) is 0 Å². The summed E-state index contributed by atoms with van der Waals surface area (Å²) in [5, 5.41) is 16.4. The van der Waals surface area contributed by atoms with Gasteiger partial charge in [0.15, 0.2) is 0 Å². The summed E-state index contributed by atoms with van der Waals surface area (Å²) in [6.45, 7) is 4.71. The molecule has 0 aliphatic rings. The van der Waals surface area contributed by atoms with Crippen LogP contribution in [-0.4, -0.2) is 61.3 Å². The third-order valence-corrected chi connectivity index (χ3v) is 7.88. The highest BCUT2D eigenvalue weighted by Gasteiger charge is 2.32. The number of rotatable bonds is 16. The van der Waals surface area contributed by atoms with Gasteiger partial charge in [-0.2, -0.15) is 13.2 Å². The maximum absolute atomic E-state index is 14.0. The minimum absolute atomic E-state index is 0.0274. The van der Waals surface area contributed by atoms with Gasteiger partial charge in [0.25, 0.3) is 0 Å². The number of alkyl halides is 3. The fourth-order valence-corrected chi connectivity index (χ4v) is 5.71. The number of carbonyl (C=O) groups is 1. The van der Waals surface area contributed by atoms with Gasteiger partial charge in [0.05, 0.1) is 23.5 Å². The van der Waals surface area contributed by atoms with E-state index in [1.807, 2.05) is 44.2 Å². The molecule has 2 aromatic rings. The Morgan fingerprint density at radius 1 is 1.03 bits per heavy atom. The first-order chi connectivity index (χ1) is 18.4. The molecule has 0 heterocycles. The second kappa shape index (κ2) is 15.3. The lowest BCUT2D eigenvalue weighted by molar-refractivity contribution is -0.137. The van der Waals surface area contributed by atoms with E-state index in [2.05, 4.69) is 10.6 Å². The van der Waals surface area contributed by atoms with Crippen molar-refractivity contribution in [3.63, 3.8) is 0 Å². The summed E-state index contributed by atoms with van der Waals surface area (Å²) in [6.07, 6.45) is -5.51. The highest BCUT2D eigenvalue weighted by molar-refractivity contribution is 7.89. The van der Waals surface area contributed by atoms with E-state index in [4.69, 9.17) is 0 Å². The lowest BCUT2D eigenvalue weighted by Gasteiger charge is -2.26. The van der Waals surface area contributed by atoms with E-state index in [9.17, 15) is 35.9 Å². The fraction of sp³-hybridized carbons (Fsp3) is 0.519. The Kier molecular flexibility index (Phi) is 12.8. The van der Waals surface area contributed by atoms with Crippen LogP contribution in [0.5, 0.6) is 0 Å². The number of aliphatic hydroxyl groups excluding tert-OH is 1. The van der Waals surface area contributed by atoms with Crippen molar-refractivity contribution >= 4 is 15.9 Å². The molecule has 2 rings (SSSR count). The summed E-state index contributed by atoms with van der Waals surface area (Å²) in [5.74, 6) is -2.24. The first-order valence-corrected chi connectivity index (χ1v) is 14.5. The second-order valence-corrected chi connectivity index (χ2v) is 11.5. The SMILES string of the molecule is CCCN(CCC)S(=O)(=O)CCC(=O)N[C@@H](Cc1cc(F)cc(C(F)(F)F)c1)[C@H](O)CNCc1ccccc1. The molecule has 0 saturated carbocycles. The summed E-state index contributed by atoms with van der Waals surface area (Å²) in [6, 6.07) is 10.2. The summed E-state index contributed by atoms with van der Waals surface area (Å²) in [4.78, 5) is 12.7. The van der Waals surface area contributed by atoms with E-state index in [-0.39, 0.29) is 18.5 Å². The van der Waals surface area contributed by atoms with Crippen molar-refractivity contribution in [2.45, 2.75) is 64.4 Å². The molecule has 7 nitrogen and oxygen atoms in total. The summed E-state index contributed by atoms with van der Waals surface area (Å²) in [7, 11) is -3.71. The number of nitrogens with zero attached hydrogens (tertiary/aromatic N) is 1. The van der Waals surface area contributed by atoms with Gasteiger partial charge in [0.1, 0.15) is 5.82 Å². The third kappa shape index (κ3) is 11.2. The Morgan fingerprint density at radius 3 is 2.26 bits per heavy atom. The average Bonchev–Trinajstić information content (AvgIpc) is 2.87. The number of amides is 1. The first-order valence-electron chi connectivity index (χ1n) is 12.9. The van der Waals surface area contributed by atoms with E-state index in [1.165, 1.54) is 4.31 Å². The Labute approximate surface area is 227 Å². The van der Waals surface area contributed by atoms with Gasteiger partial charge < -0.3 is 15.7 Å². The number of benzene rings is 2. The van der Waals surface area contributed by atoms with Gasteiger partial charge in [0, 0.05) is 32.6 Å². The van der Waals surface area contributed by atoms with Crippen LogP contribution in [0.25, 0.3) is 0 Å². The Morgan fingerprint density at radius 2 is 1.67 bits per heavy atom. The molecule has 0 saturated heterocycles. The second-order valence-electron chi connectivity index (χ2n) is 9.37. The highest BCUT2D eigenvalue weighted by Crippen LogP contribution is 2.30. The van der Waals surface area contributed by atoms with E-state index in [0.717, 1.165) is 17.7 Å². The average molecular weight is 576 g/mol. The molecule has 2 aromatic carbocycles. The number of aliphatic hydroxyl groups is 1. The van der Waals surface area contributed by atoms with Gasteiger partial charge >= 0.3 is 6.18 Å². The molecule has 0 fully saturated rings. The predicted octanol–water partition coefficient (Wildman–Crippen LogP) is 3.86. The summed E-state index contributed by atoms with van der Waals surface area (Å²) in [5.41, 5.74) is -0.323. The lowest BCUT2D eigenvalue weighted by Crippen LogP contribution is -2.49. The Balaban J connectivity index is 2.15. The summed E-state index contributed by atoms with van der Waals surface area (Å²) >= 11 is 0. The molecule has 218 valence electrons. The molecule has 12 heteroatoms. The monoisotopic (exact) mass is 575 g/mol. The van der Waals surface area contributed by atoms with Gasteiger partial charge in [-0.05, 0) is 48.6 Å². The summed E-state index contributed by atoms with van der Waals surface area (Å²) < 4.78 is 80.4. The Hall–Kier alpha value is -2.54. The largest absolute Gasteiger partial charge is 0.416 e. The van der Waals surface area contributed by atoms with Crippen molar-refractivity contribution in [1.29, 1.82) is 0 Å². The van der Waals surface area contributed by atoms with Crippen LogP contribution in [-0.2, 0) is 34.0 Å². The van der Waals surface area contributed by atoms with Crippen molar-refractivity contribution in [3.8, 4) is 0 Å². The van der Waals surface area contributed by atoms with Crippen LogP contribution in [0.4, 0.5) is 17.6 Å². The molecule has 0 aliphatic heterocycles. The quantitative estimate of drug-likeness (QED) is 0.264. The number of sulfonamides is 1. The van der Waals surface area contributed by atoms with Crippen LogP contribution >= 0.6 is 0 Å². The van der Waals surface area contributed by atoms with Crippen molar-refractivity contribution in [3.05, 3.63) is 71.0 Å². The number of carbonyl (C=O) groups excluding carboxylic acids is 1. The molecule has 0 unspecified atom stereocenters. The molecule has 1 amide bonds.